The lowest BCUT2D eigenvalue weighted by molar-refractivity contribution is -0.116. The summed E-state index contributed by atoms with van der Waals surface area (Å²) in [5.74, 6) is -0.257. The van der Waals surface area contributed by atoms with E-state index in [2.05, 4.69) is 4.98 Å². The van der Waals surface area contributed by atoms with Crippen LogP contribution < -0.4 is 9.80 Å². The molecule has 1 aliphatic heterocycles. The highest BCUT2D eigenvalue weighted by molar-refractivity contribution is 7.99. The van der Waals surface area contributed by atoms with E-state index in [9.17, 15) is 14.0 Å². The smallest absolute Gasteiger partial charge is 0.251 e. The fourth-order valence-corrected chi connectivity index (χ4v) is 5.15. The fourth-order valence-electron chi connectivity index (χ4n) is 3.16. The maximum Gasteiger partial charge on any atom is 0.251 e. The summed E-state index contributed by atoms with van der Waals surface area (Å²) in [5.41, 5.74) is 1.43. The highest BCUT2D eigenvalue weighted by atomic mass is 35.5. The second-order valence-corrected chi connectivity index (χ2v) is 9.05. The molecule has 2 aromatic carbocycles. The van der Waals surface area contributed by atoms with Gasteiger partial charge in [-0.3, -0.25) is 14.5 Å². The number of rotatable bonds is 4. The quantitative estimate of drug-likeness (QED) is 0.451. The van der Waals surface area contributed by atoms with Crippen molar-refractivity contribution in [2.75, 3.05) is 22.1 Å². The van der Waals surface area contributed by atoms with Crippen LogP contribution in [0.3, 0.4) is 0 Å². The van der Waals surface area contributed by atoms with Gasteiger partial charge in [0.2, 0.25) is 5.91 Å². The highest BCUT2D eigenvalue weighted by Crippen LogP contribution is 2.37. The first-order chi connectivity index (χ1) is 14.9. The average molecular weight is 474 g/mol. The molecular formula is C22H17ClFN3O2S2. The molecule has 0 saturated heterocycles. The molecule has 0 aliphatic carbocycles. The van der Waals surface area contributed by atoms with Crippen LogP contribution in [-0.4, -0.2) is 29.1 Å². The van der Waals surface area contributed by atoms with E-state index in [4.69, 9.17) is 11.6 Å². The predicted octanol–water partition coefficient (Wildman–Crippen LogP) is 5.77. The molecule has 9 heteroatoms. The third-order valence-corrected chi connectivity index (χ3v) is 6.68. The van der Waals surface area contributed by atoms with Crippen LogP contribution in [0.5, 0.6) is 0 Å². The summed E-state index contributed by atoms with van der Waals surface area (Å²) in [6, 6.07) is 11.5. The molecule has 4 rings (SSSR count). The lowest BCUT2D eigenvalue weighted by Gasteiger charge is -2.28. The molecule has 31 heavy (non-hydrogen) atoms. The number of halogens is 2. The van der Waals surface area contributed by atoms with E-state index in [1.807, 2.05) is 12.1 Å². The predicted molar refractivity (Wildman–Crippen MR) is 125 cm³/mol. The van der Waals surface area contributed by atoms with Crippen molar-refractivity contribution >= 4 is 69.1 Å². The summed E-state index contributed by atoms with van der Waals surface area (Å²) in [7, 11) is 0. The highest BCUT2D eigenvalue weighted by Gasteiger charge is 2.23. The first-order valence-corrected chi connectivity index (χ1v) is 11.6. The number of amides is 2. The first-order valence-electron chi connectivity index (χ1n) is 9.37. The Hall–Kier alpha value is -2.68. The minimum Gasteiger partial charge on any atom is -0.307 e. The van der Waals surface area contributed by atoms with E-state index in [0.29, 0.717) is 22.4 Å². The van der Waals surface area contributed by atoms with Gasteiger partial charge in [0.15, 0.2) is 5.13 Å². The molecule has 0 atom stereocenters. The monoisotopic (exact) mass is 473 g/mol. The third-order valence-electron chi connectivity index (χ3n) is 4.56. The fraction of sp³-hybridized carbons (Fsp3) is 0.136. The molecule has 0 saturated carbocycles. The van der Waals surface area contributed by atoms with Gasteiger partial charge in [0.1, 0.15) is 5.82 Å². The van der Waals surface area contributed by atoms with Gasteiger partial charge in [-0.2, -0.15) is 0 Å². The van der Waals surface area contributed by atoms with Crippen molar-refractivity contribution < 1.29 is 14.0 Å². The Morgan fingerprint density at radius 3 is 2.84 bits per heavy atom. The first kappa shape index (κ1) is 21.5. The van der Waals surface area contributed by atoms with Gasteiger partial charge in [0, 0.05) is 40.6 Å². The largest absolute Gasteiger partial charge is 0.307 e. The number of thioether (sulfide) groups is 1. The second kappa shape index (κ2) is 9.21. The zero-order chi connectivity index (χ0) is 22.0. The van der Waals surface area contributed by atoms with E-state index in [0.717, 1.165) is 16.3 Å². The summed E-state index contributed by atoms with van der Waals surface area (Å²) < 4.78 is 14.2. The van der Waals surface area contributed by atoms with Crippen LogP contribution >= 0.6 is 34.7 Å². The normalized spacial score (nSPS) is 13.3. The van der Waals surface area contributed by atoms with E-state index in [1.54, 1.807) is 46.3 Å². The SMILES string of the molecule is CC(=O)N(c1nc(/C=C/C(=O)N2CCSc3ccc(Cl)cc32)cs1)c1ccccc1F. The van der Waals surface area contributed by atoms with Gasteiger partial charge in [0.05, 0.1) is 17.1 Å². The number of para-hydroxylation sites is 1. The van der Waals surface area contributed by atoms with E-state index < -0.39 is 5.82 Å². The molecule has 1 aliphatic rings. The topological polar surface area (TPSA) is 53.5 Å². The van der Waals surface area contributed by atoms with Crippen LogP contribution in [-0.2, 0) is 9.59 Å². The third kappa shape index (κ3) is 4.66. The van der Waals surface area contributed by atoms with Gasteiger partial charge in [-0.15, -0.1) is 23.1 Å². The van der Waals surface area contributed by atoms with Crippen molar-refractivity contribution in [3.8, 4) is 0 Å². The van der Waals surface area contributed by atoms with Crippen LogP contribution in [0.25, 0.3) is 6.08 Å². The summed E-state index contributed by atoms with van der Waals surface area (Å²) in [6.45, 7) is 1.93. The molecule has 0 fully saturated rings. The van der Waals surface area contributed by atoms with E-state index in [-0.39, 0.29) is 17.5 Å². The Kier molecular flexibility index (Phi) is 6.41. The van der Waals surface area contributed by atoms with Crippen molar-refractivity contribution in [2.45, 2.75) is 11.8 Å². The van der Waals surface area contributed by atoms with E-state index in [1.165, 1.54) is 41.4 Å². The molecule has 0 N–H and O–H groups in total. The average Bonchev–Trinajstić information content (AvgIpc) is 3.21. The van der Waals surface area contributed by atoms with Crippen LogP contribution in [0.1, 0.15) is 12.6 Å². The van der Waals surface area contributed by atoms with Crippen molar-refractivity contribution in [1.29, 1.82) is 0 Å². The maximum absolute atomic E-state index is 14.2. The standard InChI is InChI=1S/C22H17ClFN3O2S2/c1-14(28)27(18-5-3-2-4-17(18)24)22-25-16(13-31-22)7-9-21(29)26-10-11-30-20-8-6-15(23)12-19(20)26/h2-9,12-13H,10-11H2,1H3/b9-7+. The summed E-state index contributed by atoms with van der Waals surface area (Å²) in [5, 5.41) is 2.62. The van der Waals surface area contributed by atoms with Gasteiger partial charge in [0.25, 0.3) is 5.91 Å². The Bertz CT molecular complexity index is 1180. The van der Waals surface area contributed by atoms with Crippen molar-refractivity contribution in [3.63, 3.8) is 0 Å². The zero-order valence-electron chi connectivity index (χ0n) is 16.4. The number of thiazole rings is 1. The number of hydrogen-bond acceptors (Lipinski definition) is 5. The van der Waals surface area contributed by atoms with Gasteiger partial charge < -0.3 is 4.90 Å². The number of benzene rings is 2. The minimum atomic E-state index is -0.513. The van der Waals surface area contributed by atoms with Crippen molar-refractivity contribution in [3.05, 3.63) is 70.5 Å². The number of aromatic nitrogens is 1. The van der Waals surface area contributed by atoms with Gasteiger partial charge >= 0.3 is 0 Å². The second-order valence-electron chi connectivity index (χ2n) is 6.64. The number of anilines is 3. The van der Waals surface area contributed by atoms with Crippen molar-refractivity contribution in [2.24, 2.45) is 0 Å². The lowest BCUT2D eigenvalue weighted by Crippen LogP contribution is -2.34. The van der Waals surface area contributed by atoms with Gasteiger partial charge in [-0.05, 0) is 36.4 Å². The Morgan fingerprint density at radius 1 is 1.26 bits per heavy atom. The lowest BCUT2D eigenvalue weighted by atomic mass is 10.2. The van der Waals surface area contributed by atoms with Gasteiger partial charge in [-0.1, -0.05) is 23.7 Å². The zero-order valence-corrected chi connectivity index (χ0v) is 18.8. The van der Waals surface area contributed by atoms with E-state index >= 15 is 0 Å². The van der Waals surface area contributed by atoms with Crippen LogP contribution in [0.15, 0.2) is 58.8 Å². The molecule has 1 aromatic heterocycles. The molecule has 3 aromatic rings. The number of hydrogen-bond donors (Lipinski definition) is 0. The Balaban J connectivity index is 1.55. The summed E-state index contributed by atoms with van der Waals surface area (Å²) in [6.07, 6.45) is 3.04. The molecule has 5 nitrogen and oxygen atoms in total. The molecular weight excluding hydrogens is 457 g/mol. The summed E-state index contributed by atoms with van der Waals surface area (Å²) >= 11 is 8.99. The molecule has 2 heterocycles. The number of carbonyl (C=O) groups excluding carboxylic acids is 2. The molecule has 0 bridgehead atoms. The molecule has 0 spiro atoms. The van der Waals surface area contributed by atoms with Crippen molar-refractivity contribution in [1.82, 2.24) is 4.98 Å². The molecule has 158 valence electrons. The Morgan fingerprint density at radius 2 is 2.06 bits per heavy atom. The summed E-state index contributed by atoms with van der Waals surface area (Å²) in [4.78, 5) is 33.3. The Labute approximate surface area is 192 Å². The molecule has 0 unspecified atom stereocenters. The maximum atomic E-state index is 14.2. The molecule has 0 radical (unpaired) electrons. The molecule has 2 amide bonds. The van der Waals surface area contributed by atoms with Crippen LogP contribution in [0.4, 0.5) is 20.9 Å². The number of nitrogens with zero attached hydrogens (tertiary/aromatic N) is 3. The number of carbonyl (C=O) groups is 2. The minimum absolute atomic E-state index is 0.134. The number of fused-ring (bicyclic) bond motifs is 1. The van der Waals surface area contributed by atoms with Gasteiger partial charge in [-0.25, -0.2) is 9.37 Å². The van der Waals surface area contributed by atoms with Crippen LogP contribution in [0, 0.1) is 5.82 Å². The van der Waals surface area contributed by atoms with Crippen LogP contribution in [0.2, 0.25) is 5.02 Å².